The highest BCUT2D eigenvalue weighted by Crippen LogP contribution is 2.30. The summed E-state index contributed by atoms with van der Waals surface area (Å²) in [5, 5.41) is 1.30. The Bertz CT molecular complexity index is 991. The van der Waals surface area contributed by atoms with Gasteiger partial charge in [-0.05, 0) is 63.9 Å². The first-order chi connectivity index (χ1) is 16.1. The number of benzene rings is 2. The second-order valence-electron chi connectivity index (χ2n) is 9.38. The van der Waals surface area contributed by atoms with Gasteiger partial charge in [0, 0.05) is 50.9 Å². The van der Waals surface area contributed by atoms with Crippen LogP contribution in [-0.2, 0) is 6.54 Å². The van der Waals surface area contributed by atoms with Crippen molar-refractivity contribution in [2.75, 3.05) is 45.9 Å². The van der Waals surface area contributed by atoms with Crippen LogP contribution in [0.4, 0.5) is 0 Å². The molecule has 2 aromatic carbocycles. The van der Waals surface area contributed by atoms with Crippen molar-refractivity contribution in [3.8, 4) is 11.5 Å². The molecule has 0 radical (unpaired) electrons. The molecule has 3 aromatic rings. The van der Waals surface area contributed by atoms with Gasteiger partial charge in [-0.15, -0.1) is 0 Å². The van der Waals surface area contributed by atoms with Crippen molar-refractivity contribution in [1.82, 2.24) is 14.4 Å². The van der Waals surface area contributed by atoms with Crippen LogP contribution >= 0.6 is 0 Å². The van der Waals surface area contributed by atoms with Gasteiger partial charge in [0.1, 0.15) is 11.5 Å². The number of aromatic nitrogens is 1. The molecule has 0 N–H and O–H groups in total. The van der Waals surface area contributed by atoms with Crippen LogP contribution in [0.25, 0.3) is 10.9 Å². The quantitative estimate of drug-likeness (QED) is 0.376. The molecule has 4 rings (SSSR count). The molecule has 0 spiro atoms. The van der Waals surface area contributed by atoms with E-state index in [1.54, 1.807) is 0 Å². The Morgan fingerprint density at radius 3 is 2.21 bits per heavy atom. The maximum atomic E-state index is 6.11. The minimum atomic E-state index is 0.181. The van der Waals surface area contributed by atoms with E-state index in [0.29, 0.717) is 0 Å². The molecular weight excluding hydrogens is 410 g/mol. The number of piperazine rings is 1. The standard InChI is InChI=1S/C28H39N3O2/c1-23(2)33-27-13-7-12-26-24(3)22-31(28(26)27)16-8-14-29-17-19-30(20-18-29)15-9-21-32-25-10-5-4-6-11-25/h4-7,10-13,22-23H,8-9,14-21H2,1-3H3. The molecule has 178 valence electrons. The molecule has 1 aliphatic heterocycles. The molecule has 0 bridgehead atoms. The zero-order chi connectivity index (χ0) is 23.0. The van der Waals surface area contributed by atoms with Crippen molar-refractivity contribution in [1.29, 1.82) is 0 Å². The van der Waals surface area contributed by atoms with Crippen LogP contribution in [0.3, 0.4) is 0 Å². The van der Waals surface area contributed by atoms with E-state index in [1.165, 1.54) is 16.5 Å². The third kappa shape index (κ3) is 6.52. The molecule has 1 aromatic heterocycles. The van der Waals surface area contributed by atoms with E-state index in [4.69, 9.17) is 9.47 Å². The van der Waals surface area contributed by atoms with E-state index in [-0.39, 0.29) is 6.10 Å². The van der Waals surface area contributed by atoms with Gasteiger partial charge in [0.2, 0.25) is 0 Å². The van der Waals surface area contributed by atoms with Crippen LogP contribution < -0.4 is 9.47 Å². The molecule has 2 heterocycles. The summed E-state index contributed by atoms with van der Waals surface area (Å²) in [5.41, 5.74) is 2.57. The van der Waals surface area contributed by atoms with Gasteiger partial charge in [-0.1, -0.05) is 30.3 Å². The van der Waals surface area contributed by atoms with Crippen molar-refractivity contribution >= 4 is 10.9 Å². The molecule has 0 aliphatic carbocycles. The van der Waals surface area contributed by atoms with Crippen molar-refractivity contribution in [3.63, 3.8) is 0 Å². The van der Waals surface area contributed by atoms with Gasteiger partial charge in [0.05, 0.1) is 18.2 Å². The highest BCUT2D eigenvalue weighted by molar-refractivity contribution is 5.89. The summed E-state index contributed by atoms with van der Waals surface area (Å²) >= 11 is 0. The third-order valence-corrected chi connectivity index (χ3v) is 6.39. The van der Waals surface area contributed by atoms with Gasteiger partial charge in [-0.25, -0.2) is 0 Å². The van der Waals surface area contributed by atoms with E-state index in [9.17, 15) is 0 Å². The molecule has 1 saturated heterocycles. The summed E-state index contributed by atoms with van der Waals surface area (Å²) in [6.07, 6.45) is 4.70. The average Bonchev–Trinajstić information content (AvgIpc) is 3.14. The number of hydrogen-bond acceptors (Lipinski definition) is 4. The monoisotopic (exact) mass is 449 g/mol. The van der Waals surface area contributed by atoms with Crippen LogP contribution in [0.2, 0.25) is 0 Å². The van der Waals surface area contributed by atoms with Gasteiger partial charge in [0.15, 0.2) is 0 Å². The SMILES string of the molecule is Cc1cn(CCCN2CCN(CCCOc3ccccc3)CC2)c2c(OC(C)C)cccc12. The lowest BCUT2D eigenvalue weighted by Gasteiger charge is -2.34. The molecule has 1 aliphatic rings. The van der Waals surface area contributed by atoms with E-state index >= 15 is 0 Å². The largest absolute Gasteiger partial charge is 0.494 e. The number of hydrogen-bond donors (Lipinski definition) is 0. The number of fused-ring (bicyclic) bond motifs is 1. The Balaban J connectivity index is 1.19. The zero-order valence-electron chi connectivity index (χ0n) is 20.5. The second kappa shape index (κ2) is 11.6. The number of nitrogens with zero attached hydrogens (tertiary/aromatic N) is 3. The fourth-order valence-corrected chi connectivity index (χ4v) is 4.73. The average molecular weight is 450 g/mol. The molecule has 0 atom stereocenters. The summed E-state index contributed by atoms with van der Waals surface area (Å²) in [7, 11) is 0. The van der Waals surface area contributed by atoms with Crippen LogP contribution in [-0.4, -0.2) is 66.3 Å². The normalized spacial score (nSPS) is 15.4. The molecular formula is C28H39N3O2. The molecule has 1 fully saturated rings. The van der Waals surface area contributed by atoms with E-state index in [0.717, 1.165) is 76.8 Å². The molecule has 0 saturated carbocycles. The Morgan fingerprint density at radius 1 is 0.818 bits per heavy atom. The van der Waals surface area contributed by atoms with Crippen LogP contribution in [0.5, 0.6) is 11.5 Å². The number of rotatable bonds is 11. The Hall–Kier alpha value is -2.50. The summed E-state index contributed by atoms with van der Waals surface area (Å²) in [6, 6.07) is 16.5. The topological polar surface area (TPSA) is 29.9 Å². The highest BCUT2D eigenvalue weighted by Gasteiger charge is 2.17. The molecule has 5 heteroatoms. The summed E-state index contributed by atoms with van der Waals surface area (Å²) < 4.78 is 14.3. The lowest BCUT2D eigenvalue weighted by Crippen LogP contribution is -2.47. The highest BCUT2D eigenvalue weighted by atomic mass is 16.5. The predicted octanol–water partition coefficient (Wildman–Crippen LogP) is 5.21. The van der Waals surface area contributed by atoms with Crippen molar-refractivity contribution < 1.29 is 9.47 Å². The van der Waals surface area contributed by atoms with Crippen molar-refractivity contribution in [2.24, 2.45) is 0 Å². The molecule has 0 unspecified atom stereocenters. The van der Waals surface area contributed by atoms with Gasteiger partial charge >= 0.3 is 0 Å². The van der Waals surface area contributed by atoms with Crippen molar-refractivity contribution in [2.45, 2.75) is 46.3 Å². The number of para-hydroxylation sites is 2. The van der Waals surface area contributed by atoms with E-state index in [1.807, 2.05) is 30.3 Å². The van der Waals surface area contributed by atoms with E-state index < -0.39 is 0 Å². The van der Waals surface area contributed by atoms with Gasteiger partial charge in [-0.3, -0.25) is 0 Å². The first-order valence-electron chi connectivity index (χ1n) is 12.5. The number of ether oxygens (including phenoxy) is 2. The Kier molecular flexibility index (Phi) is 8.30. The fraction of sp³-hybridized carbons (Fsp3) is 0.500. The first-order valence-corrected chi connectivity index (χ1v) is 12.5. The Labute approximate surface area is 198 Å². The van der Waals surface area contributed by atoms with Gasteiger partial charge in [0.25, 0.3) is 0 Å². The smallest absolute Gasteiger partial charge is 0.143 e. The summed E-state index contributed by atoms with van der Waals surface area (Å²) in [4.78, 5) is 5.18. The molecule has 5 nitrogen and oxygen atoms in total. The predicted molar refractivity (Wildman–Crippen MR) is 136 cm³/mol. The minimum Gasteiger partial charge on any atom is -0.494 e. The maximum Gasteiger partial charge on any atom is 0.143 e. The summed E-state index contributed by atoms with van der Waals surface area (Å²) in [5.74, 6) is 1.97. The lowest BCUT2D eigenvalue weighted by molar-refractivity contribution is 0.124. The lowest BCUT2D eigenvalue weighted by atomic mass is 10.2. The zero-order valence-corrected chi connectivity index (χ0v) is 20.5. The molecule has 33 heavy (non-hydrogen) atoms. The van der Waals surface area contributed by atoms with Crippen molar-refractivity contribution in [3.05, 3.63) is 60.3 Å². The first kappa shape index (κ1) is 23.7. The van der Waals surface area contributed by atoms with E-state index in [2.05, 4.69) is 59.5 Å². The maximum absolute atomic E-state index is 6.11. The van der Waals surface area contributed by atoms with Gasteiger partial charge < -0.3 is 23.8 Å². The second-order valence-corrected chi connectivity index (χ2v) is 9.38. The number of aryl methyl sites for hydroxylation is 2. The van der Waals surface area contributed by atoms with Crippen LogP contribution in [0.1, 0.15) is 32.3 Å². The Morgan fingerprint density at radius 2 is 1.52 bits per heavy atom. The van der Waals surface area contributed by atoms with Gasteiger partial charge in [-0.2, -0.15) is 0 Å². The summed E-state index contributed by atoms with van der Waals surface area (Å²) in [6.45, 7) is 15.1. The fourth-order valence-electron chi connectivity index (χ4n) is 4.73. The third-order valence-electron chi connectivity index (χ3n) is 6.39. The van der Waals surface area contributed by atoms with Crippen LogP contribution in [0, 0.1) is 6.92 Å². The minimum absolute atomic E-state index is 0.181. The molecule has 0 amide bonds. The van der Waals surface area contributed by atoms with Crippen LogP contribution in [0.15, 0.2) is 54.7 Å².